The Morgan fingerprint density at radius 3 is 2.67 bits per heavy atom. The summed E-state index contributed by atoms with van der Waals surface area (Å²) in [6.45, 7) is 0.302. The number of rotatable bonds is 6. The highest BCUT2D eigenvalue weighted by molar-refractivity contribution is 7.17. The molecule has 0 unspecified atom stereocenters. The van der Waals surface area contributed by atoms with Gasteiger partial charge in [-0.25, -0.2) is 0 Å². The van der Waals surface area contributed by atoms with E-state index >= 15 is 0 Å². The second kappa shape index (κ2) is 6.10. The molecule has 1 amide bonds. The van der Waals surface area contributed by atoms with E-state index in [0.717, 1.165) is 11.3 Å². The molecule has 0 aliphatic carbocycles. The van der Waals surface area contributed by atoms with E-state index in [0.29, 0.717) is 13.0 Å². The van der Waals surface area contributed by atoms with Gasteiger partial charge in [0.25, 0.3) is 5.91 Å². The summed E-state index contributed by atoms with van der Waals surface area (Å²) < 4.78 is 0. The fraction of sp³-hybridized carbons (Fsp3) is 0.400. The van der Waals surface area contributed by atoms with Crippen molar-refractivity contribution in [1.82, 2.24) is 4.90 Å². The third-order valence-corrected chi connectivity index (χ3v) is 3.24. The molecule has 0 aromatic carbocycles. The van der Waals surface area contributed by atoms with Crippen LogP contribution in [0, 0.1) is 10.1 Å². The molecule has 1 N–H and O–H groups in total. The summed E-state index contributed by atoms with van der Waals surface area (Å²) in [5, 5.41) is 18.9. The van der Waals surface area contributed by atoms with Gasteiger partial charge in [0.15, 0.2) is 0 Å². The van der Waals surface area contributed by atoms with Crippen LogP contribution in [0.2, 0.25) is 0 Å². The predicted octanol–water partition coefficient (Wildman–Crippen LogP) is 1.59. The molecule has 1 rings (SSSR count). The van der Waals surface area contributed by atoms with Crippen LogP contribution in [-0.4, -0.2) is 40.4 Å². The molecule has 7 nitrogen and oxygen atoms in total. The van der Waals surface area contributed by atoms with Gasteiger partial charge in [-0.3, -0.25) is 19.7 Å². The van der Waals surface area contributed by atoms with Gasteiger partial charge in [-0.2, -0.15) is 0 Å². The number of carbonyl (C=O) groups excluding carboxylic acids is 1. The number of aliphatic carboxylic acids is 1. The Morgan fingerprint density at radius 1 is 1.50 bits per heavy atom. The van der Waals surface area contributed by atoms with Crippen molar-refractivity contribution in [2.45, 2.75) is 12.8 Å². The highest BCUT2D eigenvalue weighted by atomic mass is 32.1. The van der Waals surface area contributed by atoms with Gasteiger partial charge in [0.2, 0.25) is 0 Å². The van der Waals surface area contributed by atoms with Crippen LogP contribution < -0.4 is 0 Å². The molecule has 0 saturated heterocycles. The molecule has 18 heavy (non-hydrogen) atoms. The maximum atomic E-state index is 11.8. The summed E-state index contributed by atoms with van der Waals surface area (Å²) in [6, 6.07) is 2.68. The fourth-order valence-electron chi connectivity index (χ4n) is 1.30. The lowest BCUT2D eigenvalue weighted by atomic mass is 10.3. The van der Waals surface area contributed by atoms with E-state index < -0.39 is 10.9 Å². The fourth-order valence-corrected chi connectivity index (χ4v) is 2.11. The molecule has 1 aromatic rings. The number of nitrogens with zero attached hydrogens (tertiary/aromatic N) is 2. The molecule has 0 atom stereocenters. The Morgan fingerprint density at radius 2 is 2.17 bits per heavy atom. The number of carboxylic acids is 1. The molecule has 0 fully saturated rings. The average Bonchev–Trinajstić information content (AvgIpc) is 2.76. The molecule has 0 radical (unpaired) electrons. The lowest BCUT2D eigenvalue weighted by Crippen LogP contribution is -2.27. The Hall–Kier alpha value is -1.96. The molecule has 98 valence electrons. The molecule has 8 heteroatoms. The highest BCUT2D eigenvalue weighted by Gasteiger charge is 2.18. The first-order chi connectivity index (χ1) is 8.41. The Kier molecular flexibility index (Phi) is 4.78. The van der Waals surface area contributed by atoms with E-state index in [9.17, 15) is 19.7 Å². The second-order valence-corrected chi connectivity index (χ2v) is 4.68. The largest absolute Gasteiger partial charge is 0.481 e. The molecule has 1 aromatic heterocycles. The van der Waals surface area contributed by atoms with Crippen molar-refractivity contribution in [3.05, 3.63) is 27.1 Å². The minimum Gasteiger partial charge on any atom is -0.481 e. The number of carboxylic acid groups (broad SMARTS) is 1. The van der Waals surface area contributed by atoms with Crippen LogP contribution >= 0.6 is 11.3 Å². The van der Waals surface area contributed by atoms with Crippen molar-refractivity contribution >= 4 is 28.2 Å². The number of hydrogen-bond donors (Lipinski definition) is 1. The quantitative estimate of drug-likeness (QED) is 0.626. The molecule has 0 bridgehead atoms. The number of carbonyl (C=O) groups is 2. The summed E-state index contributed by atoms with van der Waals surface area (Å²) >= 11 is 0.811. The van der Waals surface area contributed by atoms with E-state index in [4.69, 9.17) is 5.11 Å². The van der Waals surface area contributed by atoms with Gasteiger partial charge >= 0.3 is 11.0 Å². The molecule has 0 saturated carbocycles. The molecule has 1 heterocycles. The zero-order valence-electron chi connectivity index (χ0n) is 9.66. The SMILES string of the molecule is CN(CCCC(=O)O)C(=O)c1ccc([N+](=O)[O-])s1. The van der Waals surface area contributed by atoms with Gasteiger partial charge in [0.1, 0.15) is 0 Å². The van der Waals surface area contributed by atoms with Crippen molar-refractivity contribution in [3.63, 3.8) is 0 Å². The molecule has 0 aliphatic heterocycles. The third-order valence-electron chi connectivity index (χ3n) is 2.21. The van der Waals surface area contributed by atoms with Crippen LogP contribution in [0.25, 0.3) is 0 Å². The second-order valence-electron chi connectivity index (χ2n) is 3.62. The van der Waals surface area contributed by atoms with E-state index in [-0.39, 0.29) is 22.2 Å². The normalized spacial score (nSPS) is 10.1. The van der Waals surface area contributed by atoms with Crippen LogP contribution in [0.4, 0.5) is 5.00 Å². The molecular weight excluding hydrogens is 260 g/mol. The van der Waals surface area contributed by atoms with Gasteiger partial charge in [-0.1, -0.05) is 11.3 Å². The van der Waals surface area contributed by atoms with Crippen LogP contribution in [0.1, 0.15) is 22.5 Å². The van der Waals surface area contributed by atoms with Crippen molar-refractivity contribution in [1.29, 1.82) is 0 Å². The summed E-state index contributed by atoms with van der Waals surface area (Å²) in [4.78, 5) is 33.7. The zero-order valence-corrected chi connectivity index (χ0v) is 10.5. The summed E-state index contributed by atoms with van der Waals surface area (Å²) in [5.41, 5.74) is 0. The summed E-state index contributed by atoms with van der Waals surface area (Å²) in [7, 11) is 1.54. The maximum Gasteiger partial charge on any atom is 0.324 e. The predicted molar refractivity (Wildman–Crippen MR) is 64.8 cm³/mol. The van der Waals surface area contributed by atoms with Gasteiger partial charge < -0.3 is 10.0 Å². The maximum absolute atomic E-state index is 11.8. The van der Waals surface area contributed by atoms with Gasteiger partial charge in [0, 0.05) is 26.1 Å². The van der Waals surface area contributed by atoms with Crippen molar-refractivity contribution < 1.29 is 19.6 Å². The van der Waals surface area contributed by atoms with E-state index in [1.54, 1.807) is 0 Å². The highest BCUT2D eigenvalue weighted by Crippen LogP contribution is 2.24. The lowest BCUT2D eigenvalue weighted by molar-refractivity contribution is -0.380. The van der Waals surface area contributed by atoms with E-state index in [1.165, 1.54) is 24.1 Å². The number of thiophene rings is 1. The van der Waals surface area contributed by atoms with Gasteiger partial charge in [-0.15, -0.1) is 0 Å². The number of hydrogen-bond acceptors (Lipinski definition) is 5. The standard InChI is InChI=1S/C10H12N2O5S/c1-11(6-2-3-9(13)14)10(15)7-4-5-8(18-7)12(16)17/h4-5H,2-3,6H2,1H3,(H,13,14). The average molecular weight is 272 g/mol. The first-order valence-corrected chi connectivity index (χ1v) is 5.95. The number of nitro groups is 1. The van der Waals surface area contributed by atoms with Crippen molar-refractivity contribution in [3.8, 4) is 0 Å². The third kappa shape index (κ3) is 3.81. The zero-order chi connectivity index (χ0) is 13.7. The van der Waals surface area contributed by atoms with E-state index in [1.807, 2.05) is 0 Å². The van der Waals surface area contributed by atoms with Gasteiger partial charge in [0.05, 0.1) is 9.80 Å². The van der Waals surface area contributed by atoms with Crippen LogP contribution in [0.3, 0.4) is 0 Å². The lowest BCUT2D eigenvalue weighted by Gasteiger charge is -2.15. The van der Waals surface area contributed by atoms with Gasteiger partial charge in [-0.05, 0) is 12.5 Å². The topological polar surface area (TPSA) is 101 Å². The minimum atomic E-state index is -0.914. The van der Waals surface area contributed by atoms with E-state index in [2.05, 4.69) is 0 Å². The Bertz CT molecular complexity index is 471. The Labute approximate surface area is 107 Å². The van der Waals surface area contributed by atoms with Crippen LogP contribution in [0.15, 0.2) is 12.1 Å². The first-order valence-electron chi connectivity index (χ1n) is 5.13. The van der Waals surface area contributed by atoms with Crippen molar-refractivity contribution in [2.24, 2.45) is 0 Å². The first kappa shape index (κ1) is 14.1. The molecular formula is C10H12N2O5S. The summed E-state index contributed by atoms with van der Waals surface area (Å²) in [6.07, 6.45) is 0.341. The smallest absolute Gasteiger partial charge is 0.324 e. The van der Waals surface area contributed by atoms with Crippen LogP contribution in [-0.2, 0) is 4.79 Å². The van der Waals surface area contributed by atoms with Crippen LogP contribution in [0.5, 0.6) is 0 Å². The number of amides is 1. The Balaban J connectivity index is 2.57. The minimum absolute atomic E-state index is 0.0117. The monoisotopic (exact) mass is 272 g/mol. The molecule has 0 aliphatic rings. The summed E-state index contributed by atoms with van der Waals surface area (Å²) in [5.74, 6) is -1.25. The molecule has 0 spiro atoms. The van der Waals surface area contributed by atoms with Crippen molar-refractivity contribution in [2.75, 3.05) is 13.6 Å².